The second-order valence-corrected chi connectivity index (χ2v) is 7.56. The lowest BCUT2D eigenvalue weighted by Crippen LogP contribution is -2.17. The summed E-state index contributed by atoms with van der Waals surface area (Å²) in [6.07, 6.45) is 7.00. The molecule has 138 valence electrons. The van der Waals surface area contributed by atoms with E-state index in [1.54, 1.807) is 25.1 Å². The third-order valence-corrected chi connectivity index (χ3v) is 5.71. The minimum Gasteiger partial charge on any atom is -0.462 e. The summed E-state index contributed by atoms with van der Waals surface area (Å²) in [6.45, 7) is 6.49. The van der Waals surface area contributed by atoms with Gasteiger partial charge < -0.3 is 9.30 Å². The lowest BCUT2D eigenvalue weighted by atomic mass is 10.0. The molecule has 1 fully saturated rings. The lowest BCUT2D eigenvalue weighted by molar-refractivity contribution is -0.118. The Morgan fingerprint density at radius 2 is 2.15 bits per heavy atom. The molecule has 26 heavy (non-hydrogen) atoms. The zero-order valence-corrected chi connectivity index (χ0v) is 15.9. The van der Waals surface area contributed by atoms with E-state index in [2.05, 4.69) is 11.6 Å². The van der Waals surface area contributed by atoms with Crippen LogP contribution < -0.4 is 4.80 Å². The van der Waals surface area contributed by atoms with Gasteiger partial charge in [0, 0.05) is 13.0 Å². The standard InChI is InChI=1S/C20H24N2O3S/c1-3-11-22-16-10-9-15(19(24)25-4-2)13-17(16)26-20(22)21-18(23)12-14-7-5-6-8-14/h3,9-10,13-14H,1,4-8,11-12H2,2H3. The van der Waals surface area contributed by atoms with Crippen molar-refractivity contribution in [1.82, 2.24) is 4.57 Å². The van der Waals surface area contributed by atoms with Crippen molar-refractivity contribution in [2.75, 3.05) is 6.61 Å². The number of hydrogen-bond acceptors (Lipinski definition) is 4. The highest BCUT2D eigenvalue weighted by Crippen LogP contribution is 2.27. The zero-order valence-electron chi connectivity index (χ0n) is 15.1. The molecule has 6 heteroatoms. The largest absolute Gasteiger partial charge is 0.462 e. The van der Waals surface area contributed by atoms with Crippen molar-refractivity contribution < 1.29 is 14.3 Å². The van der Waals surface area contributed by atoms with E-state index in [4.69, 9.17) is 4.74 Å². The fourth-order valence-electron chi connectivity index (χ4n) is 3.42. The predicted molar refractivity (Wildman–Crippen MR) is 103 cm³/mol. The summed E-state index contributed by atoms with van der Waals surface area (Å²) in [5.41, 5.74) is 1.45. The van der Waals surface area contributed by atoms with E-state index in [1.165, 1.54) is 24.2 Å². The van der Waals surface area contributed by atoms with Crippen LogP contribution in [0, 0.1) is 5.92 Å². The minimum atomic E-state index is -0.339. The van der Waals surface area contributed by atoms with Gasteiger partial charge in [0.1, 0.15) is 0 Å². The van der Waals surface area contributed by atoms with E-state index in [-0.39, 0.29) is 11.9 Å². The number of carbonyl (C=O) groups is 2. The maximum atomic E-state index is 12.4. The van der Waals surface area contributed by atoms with Gasteiger partial charge in [-0.2, -0.15) is 4.99 Å². The summed E-state index contributed by atoms with van der Waals surface area (Å²) in [4.78, 5) is 29.4. The van der Waals surface area contributed by atoms with Crippen LogP contribution in [0.25, 0.3) is 10.2 Å². The van der Waals surface area contributed by atoms with E-state index in [9.17, 15) is 9.59 Å². The number of allylic oxidation sites excluding steroid dienone is 1. The molecule has 0 atom stereocenters. The maximum absolute atomic E-state index is 12.4. The molecule has 0 bridgehead atoms. The first kappa shape index (κ1) is 18.6. The average Bonchev–Trinajstić information content (AvgIpc) is 3.23. The Bertz CT molecular complexity index is 888. The van der Waals surface area contributed by atoms with Crippen molar-refractivity contribution in [2.24, 2.45) is 10.9 Å². The van der Waals surface area contributed by atoms with Gasteiger partial charge in [0.15, 0.2) is 4.80 Å². The molecule has 0 N–H and O–H groups in total. The number of fused-ring (bicyclic) bond motifs is 1. The van der Waals surface area contributed by atoms with Crippen LogP contribution in [0.4, 0.5) is 0 Å². The molecule has 0 saturated heterocycles. The summed E-state index contributed by atoms with van der Waals surface area (Å²) >= 11 is 1.42. The van der Waals surface area contributed by atoms with Crippen molar-refractivity contribution in [3.05, 3.63) is 41.2 Å². The van der Waals surface area contributed by atoms with Gasteiger partial charge in [-0.15, -0.1) is 6.58 Å². The van der Waals surface area contributed by atoms with Gasteiger partial charge in [-0.1, -0.05) is 30.3 Å². The SMILES string of the molecule is C=CCn1c(=NC(=O)CC2CCCC2)sc2cc(C(=O)OCC)ccc21. The van der Waals surface area contributed by atoms with Crippen LogP contribution in [-0.2, 0) is 16.1 Å². The molecule has 5 nitrogen and oxygen atoms in total. The van der Waals surface area contributed by atoms with Crippen molar-refractivity contribution in [1.29, 1.82) is 0 Å². The highest BCUT2D eigenvalue weighted by atomic mass is 32.1. The molecule has 1 heterocycles. The average molecular weight is 372 g/mol. The number of thiazole rings is 1. The Kier molecular flexibility index (Phi) is 6.04. The van der Waals surface area contributed by atoms with Crippen LogP contribution in [0.1, 0.15) is 49.4 Å². The number of aromatic nitrogens is 1. The Labute approximate surface area is 157 Å². The Balaban J connectivity index is 1.96. The van der Waals surface area contributed by atoms with Gasteiger partial charge in [-0.3, -0.25) is 4.79 Å². The molecular formula is C20H24N2O3S. The predicted octanol–water partition coefficient (Wildman–Crippen LogP) is 4.07. The van der Waals surface area contributed by atoms with E-state index in [0.29, 0.717) is 35.9 Å². The number of rotatable bonds is 6. The molecule has 0 aliphatic heterocycles. The maximum Gasteiger partial charge on any atom is 0.338 e. The molecule has 1 aromatic heterocycles. The summed E-state index contributed by atoms with van der Waals surface area (Å²) in [7, 11) is 0. The van der Waals surface area contributed by atoms with Crippen LogP contribution in [0.2, 0.25) is 0 Å². The zero-order chi connectivity index (χ0) is 18.5. The summed E-state index contributed by atoms with van der Waals surface area (Å²) in [5, 5.41) is 0. The molecule has 1 aliphatic rings. The molecule has 2 aromatic rings. The number of esters is 1. The second kappa shape index (κ2) is 8.45. The number of nitrogens with zero attached hydrogens (tertiary/aromatic N) is 2. The fourth-order valence-corrected chi connectivity index (χ4v) is 4.52. The highest BCUT2D eigenvalue weighted by Gasteiger charge is 2.18. The lowest BCUT2D eigenvalue weighted by Gasteiger charge is -2.05. The second-order valence-electron chi connectivity index (χ2n) is 6.55. The van der Waals surface area contributed by atoms with Gasteiger partial charge >= 0.3 is 5.97 Å². The molecule has 3 rings (SSSR count). The minimum absolute atomic E-state index is 0.0631. The number of benzene rings is 1. The molecule has 1 aliphatic carbocycles. The normalized spacial score (nSPS) is 15.5. The number of amides is 1. The molecule has 1 saturated carbocycles. The van der Waals surface area contributed by atoms with Gasteiger partial charge in [-0.25, -0.2) is 4.79 Å². The number of carbonyl (C=O) groups excluding carboxylic acids is 2. The molecular weight excluding hydrogens is 348 g/mol. The molecule has 1 amide bonds. The summed E-state index contributed by atoms with van der Waals surface area (Å²) in [6, 6.07) is 5.43. The van der Waals surface area contributed by atoms with Crippen molar-refractivity contribution in [3.63, 3.8) is 0 Å². The summed E-state index contributed by atoms with van der Waals surface area (Å²) < 4.78 is 7.94. The summed E-state index contributed by atoms with van der Waals surface area (Å²) in [5.74, 6) is 0.0738. The van der Waals surface area contributed by atoms with Crippen molar-refractivity contribution >= 4 is 33.4 Å². The molecule has 1 aromatic carbocycles. The quantitative estimate of drug-likeness (QED) is 0.567. The van der Waals surface area contributed by atoms with E-state index >= 15 is 0 Å². The van der Waals surface area contributed by atoms with Gasteiger partial charge in [0.25, 0.3) is 0 Å². The van der Waals surface area contributed by atoms with Crippen molar-refractivity contribution in [3.8, 4) is 0 Å². The van der Waals surface area contributed by atoms with Crippen LogP contribution >= 0.6 is 11.3 Å². The third-order valence-electron chi connectivity index (χ3n) is 4.66. The topological polar surface area (TPSA) is 60.7 Å². The smallest absolute Gasteiger partial charge is 0.338 e. The van der Waals surface area contributed by atoms with E-state index in [0.717, 1.165) is 23.1 Å². The Hall–Kier alpha value is -2.21. The third kappa shape index (κ3) is 4.12. The van der Waals surface area contributed by atoms with Crippen LogP contribution in [0.15, 0.2) is 35.8 Å². The first-order chi connectivity index (χ1) is 12.6. The molecule has 0 unspecified atom stereocenters. The highest BCUT2D eigenvalue weighted by molar-refractivity contribution is 7.16. The number of ether oxygens (including phenoxy) is 1. The van der Waals surface area contributed by atoms with Crippen molar-refractivity contribution in [2.45, 2.75) is 45.6 Å². The van der Waals surface area contributed by atoms with Gasteiger partial charge in [-0.05, 0) is 43.9 Å². The first-order valence-electron chi connectivity index (χ1n) is 9.11. The van der Waals surface area contributed by atoms with Gasteiger partial charge in [0.2, 0.25) is 5.91 Å². The van der Waals surface area contributed by atoms with Crippen LogP contribution in [0.5, 0.6) is 0 Å². The number of hydrogen-bond donors (Lipinski definition) is 0. The fraction of sp³-hybridized carbons (Fsp3) is 0.450. The van der Waals surface area contributed by atoms with Gasteiger partial charge in [0.05, 0.1) is 22.4 Å². The molecule has 0 radical (unpaired) electrons. The monoisotopic (exact) mass is 372 g/mol. The van der Waals surface area contributed by atoms with Crippen LogP contribution in [0.3, 0.4) is 0 Å². The Morgan fingerprint density at radius 1 is 1.38 bits per heavy atom. The Morgan fingerprint density at radius 3 is 2.85 bits per heavy atom. The first-order valence-corrected chi connectivity index (χ1v) is 9.93. The van der Waals surface area contributed by atoms with Crippen LogP contribution in [-0.4, -0.2) is 23.1 Å². The molecule has 0 spiro atoms. The van der Waals surface area contributed by atoms with E-state index in [1.807, 2.05) is 10.6 Å². The van der Waals surface area contributed by atoms with E-state index < -0.39 is 0 Å².